The molecule has 0 spiro atoms. The first kappa shape index (κ1) is 19.7. The topological polar surface area (TPSA) is 63.3 Å². The van der Waals surface area contributed by atoms with E-state index < -0.39 is 11.6 Å². The maximum atomic E-state index is 13.1. The van der Waals surface area contributed by atoms with Crippen molar-refractivity contribution in [1.29, 1.82) is 0 Å². The molecule has 1 aromatic carbocycles. The van der Waals surface area contributed by atoms with Crippen molar-refractivity contribution in [2.75, 3.05) is 41.5 Å². The minimum absolute atomic E-state index is 0.0114. The summed E-state index contributed by atoms with van der Waals surface area (Å²) >= 11 is 5.64. The van der Waals surface area contributed by atoms with Crippen molar-refractivity contribution in [3.05, 3.63) is 23.8 Å². The average Bonchev–Trinajstić information content (AvgIpc) is 2.63. The third kappa shape index (κ3) is 3.21. The molecule has 1 amide bonds. The van der Waals surface area contributed by atoms with Gasteiger partial charge in [0.15, 0.2) is 22.3 Å². The van der Waals surface area contributed by atoms with Crippen LogP contribution in [0.25, 0.3) is 0 Å². The highest BCUT2D eigenvalue weighted by Gasteiger charge is 2.59. The minimum Gasteiger partial charge on any atom is -0.493 e. The van der Waals surface area contributed by atoms with E-state index in [1.54, 1.807) is 33.2 Å². The van der Waals surface area contributed by atoms with Crippen molar-refractivity contribution in [3.63, 3.8) is 0 Å². The number of methoxy groups -OCH3 is 2. The average molecular weight is 394 g/mol. The van der Waals surface area contributed by atoms with E-state index >= 15 is 0 Å². The van der Waals surface area contributed by atoms with Gasteiger partial charge in [0.05, 0.1) is 13.2 Å². The first-order chi connectivity index (χ1) is 12.8. The number of nitrogens with one attached hydrogen (secondary N) is 1. The molecule has 7 nitrogen and oxygen atoms in total. The first-order valence-corrected chi connectivity index (χ1v) is 9.40. The molecular formula is C19H27N3O4S. The molecule has 3 rings (SSSR count). The summed E-state index contributed by atoms with van der Waals surface area (Å²) in [5.41, 5.74) is -0.0464. The zero-order valence-electron chi connectivity index (χ0n) is 16.4. The van der Waals surface area contributed by atoms with Crippen LogP contribution >= 0.6 is 12.2 Å². The highest BCUT2D eigenvalue weighted by molar-refractivity contribution is 7.80. The summed E-state index contributed by atoms with van der Waals surface area (Å²) in [4.78, 5) is 16.7. The van der Waals surface area contributed by atoms with Crippen LogP contribution in [0.3, 0.4) is 0 Å². The van der Waals surface area contributed by atoms with Crippen LogP contribution in [0, 0.1) is 5.92 Å². The molecule has 0 aromatic heterocycles. The standard InChI is InChI=1S/C19H27N3O4S/c1-19-14(17(23)21(2)3)15(20-18(27)22(19)10-7-11-24-4)12-8-6-9-13(25-5)16(12)26-19/h6,8-9,14-15H,7,10-11H2,1-5H3,(H,20,27). The van der Waals surface area contributed by atoms with Gasteiger partial charge in [0.1, 0.15) is 5.92 Å². The lowest BCUT2D eigenvalue weighted by Gasteiger charge is -2.56. The first-order valence-electron chi connectivity index (χ1n) is 8.99. The molecule has 2 aliphatic heterocycles. The van der Waals surface area contributed by atoms with E-state index in [9.17, 15) is 4.79 Å². The van der Waals surface area contributed by atoms with Crippen LogP contribution < -0.4 is 14.8 Å². The summed E-state index contributed by atoms with van der Waals surface area (Å²) in [6, 6.07) is 5.43. The summed E-state index contributed by atoms with van der Waals surface area (Å²) in [5, 5.41) is 3.96. The van der Waals surface area contributed by atoms with Crippen LogP contribution in [0.2, 0.25) is 0 Å². The number of amides is 1. The van der Waals surface area contributed by atoms with Crippen molar-refractivity contribution >= 4 is 23.2 Å². The molecule has 0 saturated carbocycles. The summed E-state index contributed by atoms with van der Waals surface area (Å²) in [6.07, 6.45) is 0.767. The normalized spacial score (nSPS) is 26.0. The van der Waals surface area contributed by atoms with Gasteiger partial charge in [-0.2, -0.15) is 0 Å². The predicted molar refractivity (Wildman–Crippen MR) is 106 cm³/mol. The number of carbonyl (C=O) groups is 1. The molecule has 1 saturated heterocycles. The van der Waals surface area contributed by atoms with E-state index in [1.807, 2.05) is 30.0 Å². The van der Waals surface area contributed by atoms with Gasteiger partial charge in [-0.3, -0.25) is 4.79 Å². The van der Waals surface area contributed by atoms with Crippen molar-refractivity contribution in [2.24, 2.45) is 5.92 Å². The molecule has 0 radical (unpaired) electrons. The Bertz CT molecular complexity index is 742. The Balaban J connectivity index is 2.11. The van der Waals surface area contributed by atoms with Gasteiger partial charge in [-0.15, -0.1) is 0 Å². The second-order valence-corrected chi connectivity index (χ2v) is 7.56. The molecule has 0 aliphatic carbocycles. The monoisotopic (exact) mass is 393 g/mol. The van der Waals surface area contributed by atoms with Gasteiger partial charge in [-0.1, -0.05) is 12.1 Å². The number of hydrogen-bond donors (Lipinski definition) is 1. The fourth-order valence-corrected chi connectivity index (χ4v) is 4.34. The number of hydrogen-bond acceptors (Lipinski definition) is 5. The van der Waals surface area contributed by atoms with E-state index in [1.165, 1.54) is 0 Å². The lowest BCUT2D eigenvalue weighted by atomic mass is 9.78. The van der Waals surface area contributed by atoms with Gasteiger partial charge in [0, 0.05) is 39.9 Å². The smallest absolute Gasteiger partial charge is 0.233 e. The number of carbonyl (C=O) groups excluding carboxylic acids is 1. The number of nitrogens with zero attached hydrogens (tertiary/aromatic N) is 2. The molecule has 1 aromatic rings. The Morgan fingerprint density at radius 2 is 2.15 bits per heavy atom. The van der Waals surface area contributed by atoms with E-state index in [-0.39, 0.29) is 11.9 Å². The van der Waals surface area contributed by atoms with Crippen LogP contribution in [0.1, 0.15) is 24.9 Å². The van der Waals surface area contributed by atoms with E-state index in [4.69, 9.17) is 26.4 Å². The molecule has 2 heterocycles. The van der Waals surface area contributed by atoms with Crippen LogP contribution in [0.5, 0.6) is 11.5 Å². The van der Waals surface area contributed by atoms with Gasteiger partial charge < -0.3 is 29.3 Å². The van der Waals surface area contributed by atoms with Crippen LogP contribution in [0.4, 0.5) is 0 Å². The Kier molecular flexibility index (Phi) is 5.48. The number of para-hydroxylation sites is 1. The molecule has 2 bridgehead atoms. The zero-order chi connectivity index (χ0) is 19.8. The Hall–Kier alpha value is -2.06. The van der Waals surface area contributed by atoms with Gasteiger partial charge >= 0.3 is 0 Å². The van der Waals surface area contributed by atoms with Crippen LogP contribution in [0.15, 0.2) is 18.2 Å². The van der Waals surface area contributed by atoms with Crippen molar-refractivity contribution in [2.45, 2.75) is 25.1 Å². The van der Waals surface area contributed by atoms with Crippen LogP contribution in [-0.4, -0.2) is 68.0 Å². The van der Waals surface area contributed by atoms with E-state index in [0.29, 0.717) is 29.8 Å². The molecule has 27 heavy (non-hydrogen) atoms. The molecule has 2 aliphatic rings. The Morgan fingerprint density at radius 3 is 2.78 bits per heavy atom. The molecule has 1 N–H and O–H groups in total. The summed E-state index contributed by atoms with van der Waals surface area (Å²) in [5.74, 6) is 0.831. The predicted octanol–water partition coefficient (Wildman–Crippen LogP) is 1.78. The summed E-state index contributed by atoms with van der Waals surface area (Å²) in [6.45, 7) is 3.15. The molecule has 8 heteroatoms. The molecule has 1 fully saturated rings. The third-order valence-electron chi connectivity index (χ3n) is 5.28. The summed E-state index contributed by atoms with van der Waals surface area (Å²) in [7, 11) is 6.80. The van der Waals surface area contributed by atoms with Gasteiger partial charge in [0.25, 0.3) is 0 Å². The number of benzene rings is 1. The van der Waals surface area contributed by atoms with E-state index in [0.717, 1.165) is 12.0 Å². The Morgan fingerprint density at radius 1 is 1.41 bits per heavy atom. The third-order valence-corrected chi connectivity index (χ3v) is 5.62. The number of ether oxygens (including phenoxy) is 3. The quantitative estimate of drug-likeness (QED) is 0.584. The maximum Gasteiger partial charge on any atom is 0.233 e. The van der Waals surface area contributed by atoms with Gasteiger partial charge in [-0.05, 0) is 31.6 Å². The number of rotatable bonds is 6. The summed E-state index contributed by atoms with van der Waals surface area (Å²) < 4.78 is 17.2. The SMILES string of the molecule is COCCCN1C(=S)NC2c3cccc(OC)c3OC1(C)C2C(=O)N(C)C. The number of thiocarbonyl (C=S) groups is 1. The lowest BCUT2D eigenvalue weighted by Crippen LogP contribution is -2.72. The van der Waals surface area contributed by atoms with Gasteiger partial charge in [0.2, 0.25) is 5.91 Å². The second kappa shape index (κ2) is 7.52. The molecule has 148 valence electrons. The zero-order valence-corrected chi connectivity index (χ0v) is 17.3. The van der Waals surface area contributed by atoms with Crippen LogP contribution in [-0.2, 0) is 9.53 Å². The fourth-order valence-electron chi connectivity index (χ4n) is 3.94. The van der Waals surface area contributed by atoms with Gasteiger partial charge in [-0.25, -0.2) is 0 Å². The Labute approximate surface area is 165 Å². The molecule has 3 unspecified atom stereocenters. The van der Waals surface area contributed by atoms with Crippen molar-refractivity contribution in [3.8, 4) is 11.5 Å². The molecular weight excluding hydrogens is 366 g/mol. The minimum atomic E-state index is -0.927. The van der Waals surface area contributed by atoms with Crippen molar-refractivity contribution in [1.82, 2.24) is 15.1 Å². The molecule has 3 atom stereocenters. The second-order valence-electron chi connectivity index (χ2n) is 7.17. The fraction of sp³-hybridized carbons (Fsp3) is 0.579. The number of fused-ring (bicyclic) bond motifs is 4. The highest BCUT2D eigenvalue weighted by Crippen LogP contribution is 2.51. The lowest BCUT2D eigenvalue weighted by molar-refractivity contribution is -0.162. The van der Waals surface area contributed by atoms with E-state index in [2.05, 4.69) is 5.32 Å². The van der Waals surface area contributed by atoms with Crippen molar-refractivity contribution < 1.29 is 19.0 Å². The largest absolute Gasteiger partial charge is 0.493 e. The highest BCUT2D eigenvalue weighted by atomic mass is 32.1. The maximum absolute atomic E-state index is 13.1.